The molecule has 3 rings (SSSR count). The van der Waals surface area contributed by atoms with E-state index in [2.05, 4.69) is 10.6 Å². The minimum absolute atomic E-state index is 0.0241. The predicted molar refractivity (Wildman–Crippen MR) is 124 cm³/mol. The molecule has 0 saturated carbocycles. The summed E-state index contributed by atoms with van der Waals surface area (Å²) < 4.78 is 42.0. The van der Waals surface area contributed by atoms with Crippen molar-refractivity contribution in [3.8, 4) is 5.75 Å². The van der Waals surface area contributed by atoms with Gasteiger partial charge in [-0.15, -0.1) is 0 Å². The van der Waals surface area contributed by atoms with Gasteiger partial charge in [0.15, 0.2) is 21.4 Å². The SMILES string of the molecule is COc1ccc(CC(=O)Nc2ccc(NC(=O)c3cccc(S(C)(=O)=O)c3)c(Cl)c2)cc1F. The Hall–Kier alpha value is -3.43. The molecule has 3 aromatic carbocycles. The summed E-state index contributed by atoms with van der Waals surface area (Å²) in [7, 11) is -2.10. The zero-order chi connectivity index (χ0) is 24.2. The standard InChI is InChI=1S/C23H20ClFN2O5S/c1-32-21-9-6-14(10-19(21)25)11-22(28)26-16-7-8-20(18(24)13-16)27-23(29)15-4-3-5-17(12-15)33(2,30)31/h3-10,12-13H,11H2,1-2H3,(H,26,28)(H,27,29). The highest BCUT2D eigenvalue weighted by Crippen LogP contribution is 2.27. The minimum atomic E-state index is -3.46. The van der Waals surface area contributed by atoms with Crippen LogP contribution in [0.25, 0.3) is 0 Å². The number of nitrogens with one attached hydrogen (secondary N) is 2. The maximum Gasteiger partial charge on any atom is 0.255 e. The molecule has 0 fully saturated rings. The van der Waals surface area contributed by atoms with Gasteiger partial charge in [-0.25, -0.2) is 12.8 Å². The number of hydrogen-bond acceptors (Lipinski definition) is 5. The second-order valence-corrected chi connectivity index (χ2v) is 9.57. The summed E-state index contributed by atoms with van der Waals surface area (Å²) in [4.78, 5) is 24.8. The Balaban J connectivity index is 1.67. The van der Waals surface area contributed by atoms with Crippen molar-refractivity contribution >= 4 is 44.6 Å². The predicted octanol–water partition coefficient (Wildman–Crippen LogP) is 4.32. The van der Waals surface area contributed by atoms with E-state index in [-0.39, 0.29) is 39.2 Å². The number of carbonyl (C=O) groups excluding carboxylic acids is 2. The lowest BCUT2D eigenvalue weighted by molar-refractivity contribution is -0.115. The van der Waals surface area contributed by atoms with Crippen molar-refractivity contribution in [3.05, 3.63) is 82.6 Å². The summed E-state index contributed by atoms with van der Waals surface area (Å²) in [5.74, 6) is -1.40. The summed E-state index contributed by atoms with van der Waals surface area (Å²) in [5.41, 5.74) is 1.29. The topological polar surface area (TPSA) is 102 Å². The number of ether oxygens (including phenoxy) is 1. The van der Waals surface area contributed by atoms with Crippen LogP contribution in [-0.4, -0.2) is 33.6 Å². The van der Waals surface area contributed by atoms with E-state index in [0.717, 1.165) is 6.26 Å². The van der Waals surface area contributed by atoms with Crippen molar-refractivity contribution in [2.24, 2.45) is 0 Å². The van der Waals surface area contributed by atoms with Crippen LogP contribution in [0, 0.1) is 5.82 Å². The van der Waals surface area contributed by atoms with Crippen LogP contribution < -0.4 is 15.4 Å². The van der Waals surface area contributed by atoms with Gasteiger partial charge in [-0.3, -0.25) is 9.59 Å². The lowest BCUT2D eigenvalue weighted by atomic mass is 10.1. The number of amides is 2. The second kappa shape index (κ2) is 10.0. The van der Waals surface area contributed by atoms with Crippen LogP contribution in [0.15, 0.2) is 65.6 Å². The molecular formula is C23H20ClFN2O5S. The molecule has 0 aliphatic carbocycles. The molecule has 0 aromatic heterocycles. The Morgan fingerprint density at radius 1 is 1.03 bits per heavy atom. The first-order chi connectivity index (χ1) is 15.6. The van der Waals surface area contributed by atoms with E-state index in [1.54, 1.807) is 12.1 Å². The molecule has 3 aromatic rings. The zero-order valence-corrected chi connectivity index (χ0v) is 19.3. The highest BCUT2D eigenvalue weighted by Gasteiger charge is 2.14. The van der Waals surface area contributed by atoms with Gasteiger partial charge in [0.2, 0.25) is 5.91 Å². The van der Waals surface area contributed by atoms with Gasteiger partial charge >= 0.3 is 0 Å². The van der Waals surface area contributed by atoms with Crippen molar-refractivity contribution in [2.45, 2.75) is 11.3 Å². The monoisotopic (exact) mass is 490 g/mol. The van der Waals surface area contributed by atoms with Crippen molar-refractivity contribution in [3.63, 3.8) is 0 Å². The second-order valence-electron chi connectivity index (χ2n) is 7.14. The number of methoxy groups -OCH3 is 1. The van der Waals surface area contributed by atoms with Crippen LogP contribution in [-0.2, 0) is 21.1 Å². The maximum absolute atomic E-state index is 13.8. The Kier molecular flexibility index (Phi) is 7.35. The molecule has 0 bridgehead atoms. The van der Waals surface area contributed by atoms with Crippen LogP contribution >= 0.6 is 11.6 Å². The molecule has 0 aliphatic heterocycles. The molecule has 0 radical (unpaired) electrons. The van der Waals surface area contributed by atoms with E-state index >= 15 is 0 Å². The number of halogens is 2. The van der Waals surface area contributed by atoms with Gasteiger partial charge in [0.1, 0.15) is 0 Å². The van der Waals surface area contributed by atoms with E-state index in [9.17, 15) is 22.4 Å². The summed E-state index contributed by atoms with van der Waals surface area (Å²) in [6.07, 6.45) is 0.993. The number of hydrogen-bond donors (Lipinski definition) is 2. The molecule has 10 heteroatoms. The number of carbonyl (C=O) groups is 2. The Labute approximate surface area is 195 Å². The van der Waals surface area contributed by atoms with Crippen molar-refractivity contribution in [1.82, 2.24) is 0 Å². The van der Waals surface area contributed by atoms with Crippen LogP contribution in [0.1, 0.15) is 15.9 Å². The van der Waals surface area contributed by atoms with Crippen LogP contribution in [0.3, 0.4) is 0 Å². The summed E-state index contributed by atoms with van der Waals surface area (Å²) in [6.45, 7) is 0. The number of rotatable bonds is 7. The molecule has 0 saturated heterocycles. The third-order valence-electron chi connectivity index (χ3n) is 4.61. The average Bonchev–Trinajstić information content (AvgIpc) is 2.75. The first kappa shape index (κ1) is 24.2. The first-order valence-electron chi connectivity index (χ1n) is 9.60. The van der Waals surface area contributed by atoms with Gasteiger partial charge in [-0.05, 0) is 54.1 Å². The van der Waals surface area contributed by atoms with E-state index in [1.165, 1.54) is 55.6 Å². The lowest BCUT2D eigenvalue weighted by Gasteiger charge is -2.11. The average molecular weight is 491 g/mol. The van der Waals surface area contributed by atoms with Crippen molar-refractivity contribution < 1.29 is 27.1 Å². The van der Waals surface area contributed by atoms with E-state index < -0.39 is 21.6 Å². The molecular weight excluding hydrogens is 471 g/mol. The summed E-state index contributed by atoms with van der Waals surface area (Å²) in [6, 6.07) is 14.4. The van der Waals surface area contributed by atoms with E-state index in [1.807, 2.05) is 0 Å². The molecule has 0 heterocycles. The number of anilines is 2. The fourth-order valence-electron chi connectivity index (χ4n) is 2.97. The smallest absolute Gasteiger partial charge is 0.255 e. The molecule has 0 atom stereocenters. The lowest BCUT2D eigenvalue weighted by Crippen LogP contribution is -2.15. The molecule has 0 aliphatic rings. The van der Waals surface area contributed by atoms with Gasteiger partial charge < -0.3 is 15.4 Å². The van der Waals surface area contributed by atoms with Gasteiger partial charge in [-0.1, -0.05) is 23.7 Å². The fourth-order valence-corrected chi connectivity index (χ4v) is 3.86. The van der Waals surface area contributed by atoms with Gasteiger partial charge in [0.25, 0.3) is 5.91 Å². The third-order valence-corrected chi connectivity index (χ3v) is 6.03. The molecule has 172 valence electrons. The third kappa shape index (κ3) is 6.30. The molecule has 33 heavy (non-hydrogen) atoms. The van der Waals surface area contributed by atoms with E-state index in [0.29, 0.717) is 11.3 Å². The van der Waals surface area contributed by atoms with Crippen LogP contribution in [0.5, 0.6) is 5.75 Å². The Morgan fingerprint density at radius 2 is 1.79 bits per heavy atom. The Bertz CT molecular complexity index is 1330. The highest BCUT2D eigenvalue weighted by molar-refractivity contribution is 7.90. The van der Waals surface area contributed by atoms with Gasteiger partial charge in [-0.2, -0.15) is 0 Å². The largest absolute Gasteiger partial charge is 0.494 e. The van der Waals surface area contributed by atoms with E-state index in [4.69, 9.17) is 16.3 Å². The van der Waals surface area contributed by atoms with Gasteiger partial charge in [0, 0.05) is 17.5 Å². The van der Waals surface area contributed by atoms with Crippen LogP contribution in [0.2, 0.25) is 5.02 Å². The first-order valence-corrected chi connectivity index (χ1v) is 11.9. The molecule has 7 nitrogen and oxygen atoms in total. The van der Waals surface area contributed by atoms with Gasteiger partial charge in [0.05, 0.1) is 29.1 Å². The molecule has 2 amide bonds. The summed E-state index contributed by atoms with van der Waals surface area (Å²) >= 11 is 6.24. The fraction of sp³-hybridized carbons (Fsp3) is 0.130. The summed E-state index contributed by atoms with van der Waals surface area (Å²) in [5, 5.41) is 5.43. The van der Waals surface area contributed by atoms with Crippen molar-refractivity contribution in [2.75, 3.05) is 24.0 Å². The minimum Gasteiger partial charge on any atom is -0.494 e. The zero-order valence-electron chi connectivity index (χ0n) is 17.7. The van der Waals surface area contributed by atoms with Crippen LogP contribution in [0.4, 0.5) is 15.8 Å². The number of benzene rings is 3. The number of sulfone groups is 1. The maximum atomic E-state index is 13.8. The molecule has 0 spiro atoms. The normalized spacial score (nSPS) is 11.0. The Morgan fingerprint density at radius 3 is 2.42 bits per heavy atom. The quantitative estimate of drug-likeness (QED) is 0.513. The molecule has 2 N–H and O–H groups in total. The highest BCUT2D eigenvalue weighted by atomic mass is 35.5. The van der Waals surface area contributed by atoms with Crippen molar-refractivity contribution in [1.29, 1.82) is 0 Å². The molecule has 0 unspecified atom stereocenters.